The molecular weight excluding hydrogens is 198 g/mol. The summed E-state index contributed by atoms with van der Waals surface area (Å²) in [5, 5.41) is 3.59. The van der Waals surface area contributed by atoms with E-state index in [9.17, 15) is 0 Å². The third kappa shape index (κ3) is 7.24. The summed E-state index contributed by atoms with van der Waals surface area (Å²) < 4.78 is 5.87. The van der Waals surface area contributed by atoms with E-state index in [1.54, 1.807) is 0 Å². The molecule has 0 spiro atoms. The normalized spacial score (nSPS) is 15.0. The first-order valence-corrected chi connectivity index (χ1v) is 7.14. The Kier molecular flexibility index (Phi) is 11.3. The standard InChI is InChI=1S/C14H31NO/c1-5-9-10-12-13(15-7-3)14(11-6-2)16-8-4/h13-15H,5-12H2,1-4H3. The quantitative estimate of drug-likeness (QED) is 0.545. The molecule has 1 N–H and O–H groups in total. The van der Waals surface area contributed by atoms with E-state index in [-0.39, 0.29) is 0 Å². The Morgan fingerprint density at radius 1 is 0.938 bits per heavy atom. The average molecular weight is 229 g/mol. The van der Waals surface area contributed by atoms with Crippen LogP contribution in [0.15, 0.2) is 0 Å². The molecule has 0 aromatic rings. The highest BCUT2D eigenvalue weighted by Gasteiger charge is 2.19. The van der Waals surface area contributed by atoms with Gasteiger partial charge in [0.2, 0.25) is 0 Å². The van der Waals surface area contributed by atoms with Crippen LogP contribution in [0.4, 0.5) is 0 Å². The van der Waals surface area contributed by atoms with Gasteiger partial charge in [0.05, 0.1) is 6.10 Å². The second-order valence-corrected chi connectivity index (χ2v) is 4.44. The Morgan fingerprint density at radius 3 is 2.19 bits per heavy atom. The fourth-order valence-corrected chi connectivity index (χ4v) is 2.20. The molecule has 0 saturated carbocycles. The van der Waals surface area contributed by atoms with Crippen molar-refractivity contribution in [2.75, 3.05) is 13.2 Å². The van der Waals surface area contributed by atoms with Crippen LogP contribution in [-0.4, -0.2) is 25.3 Å². The second kappa shape index (κ2) is 11.4. The van der Waals surface area contributed by atoms with Crippen molar-refractivity contribution in [2.24, 2.45) is 0 Å². The summed E-state index contributed by atoms with van der Waals surface area (Å²) in [6.45, 7) is 10.7. The number of ether oxygens (including phenoxy) is 1. The van der Waals surface area contributed by atoms with Gasteiger partial charge in [-0.1, -0.05) is 46.5 Å². The van der Waals surface area contributed by atoms with Gasteiger partial charge in [0.15, 0.2) is 0 Å². The number of rotatable bonds is 11. The fraction of sp³-hybridized carbons (Fsp3) is 1.00. The van der Waals surface area contributed by atoms with Crippen LogP contribution in [0, 0.1) is 0 Å². The van der Waals surface area contributed by atoms with Gasteiger partial charge >= 0.3 is 0 Å². The second-order valence-electron chi connectivity index (χ2n) is 4.44. The summed E-state index contributed by atoms with van der Waals surface area (Å²) in [7, 11) is 0. The zero-order valence-corrected chi connectivity index (χ0v) is 11.7. The lowest BCUT2D eigenvalue weighted by molar-refractivity contribution is 0.0257. The highest BCUT2D eigenvalue weighted by Crippen LogP contribution is 2.14. The van der Waals surface area contributed by atoms with Gasteiger partial charge in [-0.25, -0.2) is 0 Å². The van der Waals surface area contributed by atoms with Crippen LogP contribution in [0.1, 0.15) is 66.2 Å². The molecule has 0 radical (unpaired) electrons. The average Bonchev–Trinajstić information content (AvgIpc) is 2.28. The van der Waals surface area contributed by atoms with Gasteiger partial charge in [-0.15, -0.1) is 0 Å². The lowest BCUT2D eigenvalue weighted by atomic mass is 9.99. The molecule has 0 aromatic carbocycles. The smallest absolute Gasteiger partial charge is 0.0727 e. The van der Waals surface area contributed by atoms with Gasteiger partial charge in [-0.3, -0.25) is 0 Å². The predicted molar refractivity (Wildman–Crippen MR) is 71.9 cm³/mol. The Bertz CT molecular complexity index is 133. The number of hydrogen-bond donors (Lipinski definition) is 1. The minimum Gasteiger partial charge on any atom is -0.377 e. The molecule has 0 rings (SSSR count). The SMILES string of the molecule is CCCCCC(NCC)C(CCC)OCC. The number of unbranched alkanes of at least 4 members (excludes halogenated alkanes) is 2. The monoisotopic (exact) mass is 229 g/mol. The van der Waals surface area contributed by atoms with Crippen molar-refractivity contribution in [1.82, 2.24) is 5.32 Å². The van der Waals surface area contributed by atoms with E-state index in [1.807, 2.05) is 0 Å². The summed E-state index contributed by atoms with van der Waals surface area (Å²) in [6, 6.07) is 0.552. The largest absolute Gasteiger partial charge is 0.377 e. The molecule has 0 aromatic heterocycles. The number of nitrogens with one attached hydrogen (secondary N) is 1. The lowest BCUT2D eigenvalue weighted by Gasteiger charge is -2.27. The van der Waals surface area contributed by atoms with E-state index < -0.39 is 0 Å². The third-order valence-corrected chi connectivity index (χ3v) is 2.99. The van der Waals surface area contributed by atoms with Gasteiger partial charge in [0.1, 0.15) is 0 Å². The highest BCUT2D eigenvalue weighted by molar-refractivity contribution is 4.76. The highest BCUT2D eigenvalue weighted by atomic mass is 16.5. The molecule has 0 fully saturated rings. The summed E-state index contributed by atoms with van der Waals surface area (Å²) in [4.78, 5) is 0. The maximum atomic E-state index is 5.87. The fourth-order valence-electron chi connectivity index (χ4n) is 2.20. The van der Waals surface area contributed by atoms with Crippen molar-refractivity contribution in [2.45, 2.75) is 78.4 Å². The Hall–Kier alpha value is -0.0800. The van der Waals surface area contributed by atoms with Crippen LogP contribution in [0.2, 0.25) is 0 Å². The molecule has 2 unspecified atom stereocenters. The zero-order valence-electron chi connectivity index (χ0n) is 11.7. The summed E-state index contributed by atoms with van der Waals surface area (Å²) in [5.41, 5.74) is 0. The maximum absolute atomic E-state index is 5.87. The van der Waals surface area contributed by atoms with Crippen molar-refractivity contribution in [3.8, 4) is 0 Å². The maximum Gasteiger partial charge on any atom is 0.0727 e. The molecule has 98 valence electrons. The summed E-state index contributed by atoms with van der Waals surface area (Å²) in [5.74, 6) is 0. The van der Waals surface area contributed by atoms with Crippen molar-refractivity contribution in [3.05, 3.63) is 0 Å². The van der Waals surface area contributed by atoms with Crippen LogP contribution >= 0.6 is 0 Å². The van der Waals surface area contributed by atoms with E-state index in [4.69, 9.17) is 4.74 Å². The minimum absolute atomic E-state index is 0.409. The molecule has 2 atom stereocenters. The molecule has 2 heteroatoms. The van der Waals surface area contributed by atoms with Gasteiger partial charge in [0, 0.05) is 12.6 Å². The van der Waals surface area contributed by atoms with Crippen molar-refractivity contribution in [1.29, 1.82) is 0 Å². The molecule has 2 nitrogen and oxygen atoms in total. The minimum atomic E-state index is 0.409. The zero-order chi connectivity index (χ0) is 12.2. The molecule has 0 saturated heterocycles. The van der Waals surface area contributed by atoms with E-state index in [0.29, 0.717) is 12.1 Å². The number of likely N-dealkylation sites (N-methyl/N-ethyl adjacent to an activating group) is 1. The van der Waals surface area contributed by atoms with Gasteiger partial charge in [0.25, 0.3) is 0 Å². The summed E-state index contributed by atoms with van der Waals surface area (Å²) in [6.07, 6.45) is 8.01. The van der Waals surface area contributed by atoms with E-state index >= 15 is 0 Å². The van der Waals surface area contributed by atoms with Crippen molar-refractivity contribution >= 4 is 0 Å². The molecule has 0 bridgehead atoms. The number of hydrogen-bond acceptors (Lipinski definition) is 2. The first-order valence-electron chi connectivity index (χ1n) is 7.14. The van der Waals surface area contributed by atoms with E-state index in [1.165, 1.54) is 38.5 Å². The molecule has 0 heterocycles. The van der Waals surface area contributed by atoms with E-state index in [0.717, 1.165) is 13.2 Å². The molecule has 16 heavy (non-hydrogen) atoms. The van der Waals surface area contributed by atoms with Gasteiger partial charge < -0.3 is 10.1 Å². The van der Waals surface area contributed by atoms with Gasteiger partial charge in [-0.2, -0.15) is 0 Å². The van der Waals surface area contributed by atoms with Crippen LogP contribution in [0.25, 0.3) is 0 Å². The first-order chi connectivity index (χ1) is 7.79. The third-order valence-electron chi connectivity index (χ3n) is 2.99. The Labute approximate surface area is 102 Å². The lowest BCUT2D eigenvalue weighted by Crippen LogP contribution is -2.41. The molecule has 0 amide bonds. The van der Waals surface area contributed by atoms with Crippen LogP contribution in [-0.2, 0) is 4.74 Å². The van der Waals surface area contributed by atoms with Crippen LogP contribution < -0.4 is 5.32 Å². The van der Waals surface area contributed by atoms with Crippen LogP contribution in [0.3, 0.4) is 0 Å². The topological polar surface area (TPSA) is 21.3 Å². The Morgan fingerprint density at radius 2 is 1.69 bits per heavy atom. The van der Waals surface area contributed by atoms with Crippen molar-refractivity contribution in [3.63, 3.8) is 0 Å². The molecule has 0 aliphatic heterocycles. The van der Waals surface area contributed by atoms with Crippen LogP contribution in [0.5, 0.6) is 0 Å². The molecular formula is C14H31NO. The predicted octanol–water partition coefficient (Wildman–Crippen LogP) is 3.75. The first kappa shape index (κ1) is 15.9. The summed E-state index contributed by atoms with van der Waals surface area (Å²) >= 11 is 0. The molecule has 0 aliphatic carbocycles. The van der Waals surface area contributed by atoms with Gasteiger partial charge in [-0.05, 0) is 26.3 Å². The Balaban J connectivity index is 4.08. The van der Waals surface area contributed by atoms with Crippen molar-refractivity contribution < 1.29 is 4.74 Å². The molecule has 0 aliphatic rings. The van der Waals surface area contributed by atoms with E-state index in [2.05, 4.69) is 33.0 Å².